The van der Waals surface area contributed by atoms with Crippen LogP contribution in [0.15, 0.2) is 67.0 Å². The maximum absolute atomic E-state index is 15.0. The van der Waals surface area contributed by atoms with E-state index in [1.807, 2.05) is 32.0 Å². The number of rotatable bonds is 5. The number of hydrogen-bond acceptors (Lipinski definition) is 7. The van der Waals surface area contributed by atoms with Crippen LogP contribution in [-0.4, -0.2) is 39.6 Å². The fourth-order valence-corrected chi connectivity index (χ4v) is 5.49. The topological polar surface area (TPSA) is 123 Å². The number of aromatic nitrogens is 5. The van der Waals surface area contributed by atoms with Crippen LogP contribution in [0, 0.1) is 5.82 Å². The quantitative estimate of drug-likeness (QED) is 0.323. The summed E-state index contributed by atoms with van der Waals surface area (Å²) in [7, 11) is -3.39. The molecule has 38 heavy (non-hydrogen) atoms. The molecule has 192 valence electrons. The number of halogens is 1. The number of benzene rings is 2. The van der Waals surface area contributed by atoms with E-state index < -0.39 is 21.3 Å². The van der Waals surface area contributed by atoms with Gasteiger partial charge in [0.2, 0.25) is 15.9 Å². The molecule has 4 heterocycles. The fourth-order valence-electron chi connectivity index (χ4n) is 4.93. The Balaban J connectivity index is 1.45. The first kappa shape index (κ1) is 24.0. The maximum Gasteiger partial charge on any atom is 0.229 e. The van der Waals surface area contributed by atoms with Gasteiger partial charge in [0.15, 0.2) is 22.9 Å². The number of sulfonamides is 1. The van der Waals surface area contributed by atoms with Crippen molar-refractivity contribution in [1.82, 2.24) is 24.9 Å². The summed E-state index contributed by atoms with van der Waals surface area (Å²) >= 11 is 0. The molecule has 0 aliphatic carbocycles. The molecule has 1 atom stereocenters. The molecule has 3 aromatic heterocycles. The minimum atomic E-state index is -3.39. The van der Waals surface area contributed by atoms with Gasteiger partial charge in [-0.1, -0.05) is 44.2 Å². The van der Waals surface area contributed by atoms with Gasteiger partial charge in [0.25, 0.3) is 0 Å². The van der Waals surface area contributed by atoms with Crippen molar-refractivity contribution in [2.24, 2.45) is 0 Å². The Morgan fingerprint density at radius 3 is 2.47 bits per heavy atom. The largest absolute Gasteiger partial charge is 0.435 e. The number of para-hydroxylation sites is 1. The number of pyridine rings is 1. The minimum absolute atomic E-state index is 0.128. The number of imidazole rings is 1. The van der Waals surface area contributed by atoms with Crippen molar-refractivity contribution in [3.05, 3.63) is 89.8 Å². The molecule has 1 aliphatic heterocycles. The Kier molecular flexibility index (Phi) is 5.42. The molecule has 2 N–H and O–H groups in total. The van der Waals surface area contributed by atoms with Gasteiger partial charge >= 0.3 is 0 Å². The lowest BCUT2D eigenvalue weighted by Gasteiger charge is -2.37. The molecule has 2 aromatic carbocycles. The Hall–Kier alpha value is -4.38. The van der Waals surface area contributed by atoms with Crippen LogP contribution in [0.3, 0.4) is 0 Å². The van der Waals surface area contributed by atoms with Crippen LogP contribution < -0.4 is 9.46 Å². The Morgan fingerprint density at radius 2 is 1.74 bits per heavy atom. The number of ether oxygens (including phenoxy) is 1. The zero-order valence-electron chi connectivity index (χ0n) is 20.7. The van der Waals surface area contributed by atoms with Gasteiger partial charge in [-0.25, -0.2) is 32.7 Å². The van der Waals surface area contributed by atoms with Crippen molar-refractivity contribution in [3.8, 4) is 22.9 Å². The molecule has 0 saturated carbocycles. The molecule has 0 saturated heterocycles. The number of anilines is 1. The van der Waals surface area contributed by atoms with Crippen LogP contribution in [-0.2, 0) is 15.4 Å². The molecule has 6 rings (SSSR count). The van der Waals surface area contributed by atoms with Crippen molar-refractivity contribution in [2.75, 3.05) is 11.0 Å². The third kappa shape index (κ3) is 4.14. The summed E-state index contributed by atoms with van der Waals surface area (Å²) in [5.74, 6) is 0.252. The predicted molar refractivity (Wildman–Crippen MR) is 141 cm³/mol. The van der Waals surface area contributed by atoms with Crippen LogP contribution in [0.4, 0.5) is 10.1 Å². The average Bonchev–Trinajstić information content (AvgIpc) is 3.32. The number of fused-ring (bicyclic) bond motifs is 3. The third-order valence-corrected chi connectivity index (χ3v) is 7.26. The molecule has 1 aliphatic rings. The van der Waals surface area contributed by atoms with Crippen LogP contribution in [0.1, 0.15) is 36.7 Å². The number of H-pyrrole nitrogens is 1. The first-order chi connectivity index (χ1) is 18.1. The lowest BCUT2D eigenvalue weighted by molar-refractivity contribution is 0.353. The van der Waals surface area contributed by atoms with Gasteiger partial charge in [0, 0.05) is 46.1 Å². The second-order valence-electron chi connectivity index (χ2n) is 9.77. The van der Waals surface area contributed by atoms with Gasteiger partial charge in [-0.05, 0) is 24.3 Å². The Labute approximate surface area is 218 Å². The van der Waals surface area contributed by atoms with Crippen LogP contribution >= 0.6 is 0 Å². The number of aromatic amines is 1. The van der Waals surface area contributed by atoms with Crippen LogP contribution in [0.2, 0.25) is 0 Å². The molecule has 0 fully saturated rings. The van der Waals surface area contributed by atoms with Gasteiger partial charge in [-0.15, -0.1) is 0 Å². The van der Waals surface area contributed by atoms with E-state index in [4.69, 9.17) is 14.7 Å². The number of nitrogens with zero attached hydrogens (tertiary/aromatic N) is 4. The lowest BCUT2D eigenvalue weighted by Crippen LogP contribution is -2.32. The molecule has 0 amide bonds. The molecule has 0 spiro atoms. The Bertz CT molecular complexity index is 1770. The molecule has 5 aromatic rings. The summed E-state index contributed by atoms with van der Waals surface area (Å²) in [6.07, 6.45) is 4.28. The zero-order chi connectivity index (χ0) is 26.7. The highest BCUT2D eigenvalue weighted by molar-refractivity contribution is 7.92. The smallest absolute Gasteiger partial charge is 0.229 e. The van der Waals surface area contributed by atoms with Gasteiger partial charge in [0.05, 0.1) is 11.9 Å². The summed E-state index contributed by atoms with van der Waals surface area (Å²) in [5, 5.41) is 0. The summed E-state index contributed by atoms with van der Waals surface area (Å²) in [5.41, 5.74) is 3.70. The third-order valence-electron chi connectivity index (χ3n) is 6.66. The highest BCUT2D eigenvalue weighted by Crippen LogP contribution is 2.52. The molecule has 9 nitrogen and oxygen atoms in total. The zero-order valence-corrected chi connectivity index (χ0v) is 21.5. The predicted octanol–water partition coefficient (Wildman–Crippen LogP) is 5.14. The fraction of sp³-hybridized carbons (Fsp3) is 0.185. The van der Waals surface area contributed by atoms with E-state index in [1.54, 1.807) is 42.7 Å². The number of nitrogens with one attached hydrogen (secondary N) is 2. The summed E-state index contributed by atoms with van der Waals surface area (Å²) in [4.78, 5) is 21.3. The van der Waals surface area contributed by atoms with Crippen molar-refractivity contribution in [2.45, 2.75) is 25.2 Å². The highest BCUT2D eigenvalue weighted by Gasteiger charge is 2.43. The van der Waals surface area contributed by atoms with E-state index in [9.17, 15) is 8.42 Å². The summed E-state index contributed by atoms with van der Waals surface area (Å²) in [6, 6.07) is 15.5. The van der Waals surface area contributed by atoms with Crippen molar-refractivity contribution in [1.29, 1.82) is 0 Å². The normalized spacial score (nSPS) is 15.0. The molecular weight excluding hydrogens is 507 g/mol. The molecular formula is C27H23FN6O3S. The highest BCUT2D eigenvalue weighted by atomic mass is 32.2. The summed E-state index contributed by atoms with van der Waals surface area (Å²) < 4.78 is 46.6. The van der Waals surface area contributed by atoms with E-state index in [0.29, 0.717) is 39.9 Å². The van der Waals surface area contributed by atoms with Gasteiger partial charge in [0.1, 0.15) is 5.82 Å². The summed E-state index contributed by atoms with van der Waals surface area (Å²) in [6.45, 7) is 4.06. The monoisotopic (exact) mass is 530 g/mol. The van der Waals surface area contributed by atoms with E-state index in [1.165, 1.54) is 6.07 Å². The van der Waals surface area contributed by atoms with Gasteiger partial charge in [-0.2, -0.15) is 0 Å². The van der Waals surface area contributed by atoms with E-state index in [-0.39, 0.29) is 11.7 Å². The molecule has 0 bridgehead atoms. The van der Waals surface area contributed by atoms with Crippen molar-refractivity contribution in [3.63, 3.8) is 0 Å². The maximum atomic E-state index is 15.0. The SMILES string of the molecule is CC(C)(c1nc2nccnc2[nH]1)[C@@H]1c2ccc(-c3ccc(NS(C)(=O)=O)cc3)nc2Oc2c(F)cccc21. The second-order valence-corrected chi connectivity index (χ2v) is 11.5. The molecule has 11 heteroatoms. The lowest BCUT2D eigenvalue weighted by atomic mass is 9.69. The van der Waals surface area contributed by atoms with E-state index in [2.05, 4.69) is 19.7 Å². The van der Waals surface area contributed by atoms with Gasteiger partial charge < -0.3 is 9.72 Å². The van der Waals surface area contributed by atoms with Gasteiger partial charge in [-0.3, -0.25) is 4.72 Å². The second kappa shape index (κ2) is 8.59. The number of hydrogen-bond donors (Lipinski definition) is 2. The molecule has 0 radical (unpaired) electrons. The average molecular weight is 531 g/mol. The minimum Gasteiger partial charge on any atom is -0.435 e. The molecule has 0 unspecified atom stereocenters. The van der Waals surface area contributed by atoms with Crippen LogP contribution in [0.5, 0.6) is 11.6 Å². The first-order valence-electron chi connectivity index (χ1n) is 11.8. The van der Waals surface area contributed by atoms with E-state index in [0.717, 1.165) is 17.4 Å². The van der Waals surface area contributed by atoms with Crippen molar-refractivity contribution < 1.29 is 17.5 Å². The first-order valence-corrected chi connectivity index (χ1v) is 13.7. The van der Waals surface area contributed by atoms with Crippen molar-refractivity contribution >= 4 is 27.0 Å². The Morgan fingerprint density at radius 1 is 0.974 bits per heavy atom. The van der Waals surface area contributed by atoms with Crippen LogP contribution in [0.25, 0.3) is 22.6 Å². The standard InChI is InChI=1S/C27H23FN6O3S/c1-27(2,26-32-23-24(33-26)30-14-13-29-23)21-17-5-4-6-19(28)22(17)37-25-18(21)11-12-20(31-25)15-7-9-16(10-8-15)34-38(3,35)36/h4-14,21,34H,1-3H3,(H,29,30,32,33)/t21-/m0/s1. The van der Waals surface area contributed by atoms with E-state index >= 15 is 4.39 Å².